The van der Waals surface area contributed by atoms with Crippen LogP contribution in [0.15, 0.2) is 6.07 Å². The van der Waals surface area contributed by atoms with Gasteiger partial charge in [0.1, 0.15) is 5.82 Å². The Kier molecular flexibility index (Phi) is 3.44. The van der Waals surface area contributed by atoms with Crippen molar-refractivity contribution in [2.24, 2.45) is 5.92 Å². The van der Waals surface area contributed by atoms with Gasteiger partial charge in [-0.05, 0) is 32.1 Å². The third kappa shape index (κ3) is 2.33. The van der Waals surface area contributed by atoms with Gasteiger partial charge < -0.3 is 10.1 Å². The Hall–Kier alpha value is -1.52. The zero-order chi connectivity index (χ0) is 13.2. The van der Waals surface area contributed by atoms with Crippen LogP contribution >= 0.6 is 0 Å². The molecule has 2 heterocycles. The SMILES string of the molecule is CCOC(=O)c1cc2n(n1)C(C1CCCC1)CCN2. The van der Waals surface area contributed by atoms with Crippen molar-refractivity contribution < 1.29 is 9.53 Å². The molecule has 104 valence electrons. The van der Waals surface area contributed by atoms with Crippen LogP contribution in [0.2, 0.25) is 0 Å². The van der Waals surface area contributed by atoms with E-state index in [0.717, 1.165) is 24.7 Å². The first-order valence-electron chi connectivity index (χ1n) is 7.30. The van der Waals surface area contributed by atoms with Crippen molar-refractivity contribution in [2.75, 3.05) is 18.5 Å². The number of aromatic nitrogens is 2. The fourth-order valence-corrected chi connectivity index (χ4v) is 3.33. The Labute approximate surface area is 113 Å². The van der Waals surface area contributed by atoms with Gasteiger partial charge >= 0.3 is 5.97 Å². The molecule has 0 aromatic carbocycles. The van der Waals surface area contributed by atoms with Crippen molar-refractivity contribution in [2.45, 2.75) is 45.1 Å². The number of anilines is 1. The van der Waals surface area contributed by atoms with E-state index in [4.69, 9.17) is 4.74 Å². The number of rotatable bonds is 3. The van der Waals surface area contributed by atoms with E-state index in [1.54, 1.807) is 0 Å². The molecule has 1 saturated carbocycles. The predicted octanol–water partition coefficient (Wildman–Crippen LogP) is 2.61. The molecule has 1 aliphatic carbocycles. The maximum absolute atomic E-state index is 11.8. The molecule has 1 aliphatic heterocycles. The summed E-state index contributed by atoms with van der Waals surface area (Å²) in [7, 11) is 0. The lowest BCUT2D eigenvalue weighted by Gasteiger charge is -2.30. The number of carbonyl (C=O) groups is 1. The van der Waals surface area contributed by atoms with E-state index in [2.05, 4.69) is 10.4 Å². The van der Waals surface area contributed by atoms with Gasteiger partial charge in [-0.15, -0.1) is 0 Å². The van der Waals surface area contributed by atoms with Crippen molar-refractivity contribution in [1.82, 2.24) is 9.78 Å². The molecule has 0 radical (unpaired) electrons. The summed E-state index contributed by atoms with van der Waals surface area (Å²) in [4.78, 5) is 11.8. The summed E-state index contributed by atoms with van der Waals surface area (Å²) in [6.07, 6.45) is 6.34. The van der Waals surface area contributed by atoms with Gasteiger partial charge in [0, 0.05) is 12.6 Å². The average molecular weight is 263 g/mol. The van der Waals surface area contributed by atoms with E-state index < -0.39 is 0 Å². The van der Waals surface area contributed by atoms with Crippen LogP contribution in [0.1, 0.15) is 55.6 Å². The van der Waals surface area contributed by atoms with Crippen LogP contribution in [0.25, 0.3) is 0 Å². The molecule has 5 heteroatoms. The van der Waals surface area contributed by atoms with Crippen LogP contribution in [0.5, 0.6) is 0 Å². The number of esters is 1. The number of hydrogen-bond donors (Lipinski definition) is 1. The summed E-state index contributed by atoms with van der Waals surface area (Å²) in [5.41, 5.74) is 0.425. The highest BCUT2D eigenvalue weighted by Gasteiger charge is 2.31. The molecule has 5 nitrogen and oxygen atoms in total. The molecular weight excluding hydrogens is 242 g/mol. The molecule has 0 amide bonds. The highest BCUT2D eigenvalue weighted by molar-refractivity contribution is 5.88. The third-order valence-electron chi connectivity index (χ3n) is 4.22. The molecule has 1 fully saturated rings. The van der Waals surface area contributed by atoms with Gasteiger partial charge in [-0.1, -0.05) is 12.8 Å². The zero-order valence-electron chi connectivity index (χ0n) is 11.4. The molecule has 19 heavy (non-hydrogen) atoms. The first-order chi connectivity index (χ1) is 9.29. The smallest absolute Gasteiger partial charge is 0.358 e. The van der Waals surface area contributed by atoms with E-state index in [9.17, 15) is 4.79 Å². The minimum Gasteiger partial charge on any atom is -0.461 e. The predicted molar refractivity (Wildman–Crippen MR) is 72.3 cm³/mol. The fourth-order valence-electron chi connectivity index (χ4n) is 3.33. The van der Waals surface area contributed by atoms with E-state index in [0.29, 0.717) is 18.3 Å². The number of nitrogens with one attached hydrogen (secondary N) is 1. The molecule has 3 rings (SSSR count). The van der Waals surface area contributed by atoms with E-state index in [1.807, 2.05) is 17.7 Å². The maximum Gasteiger partial charge on any atom is 0.358 e. The minimum atomic E-state index is -0.323. The van der Waals surface area contributed by atoms with E-state index >= 15 is 0 Å². The second-order valence-corrected chi connectivity index (χ2v) is 5.41. The second kappa shape index (κ2) is 5.23. The Bertz CT molecular complexity index is 463. The molecule has 1 N–H and O–H groups in total. The summed E-state index contributed by atoms with van der Waals surface area (Å²) in [6, 6.07) is 2.26. The monoisotopic (exact) mass is 263 g/mol. The van der Waals surface area contributed by atoms with Gasteiger partial charge in [-0.25, -0.2) is 9.48 Å². The van der Waals surface area contributed by atoms with Gasteiger partial charge in [0.05, 0.1) is 12.6 Å². The van der Waals surface area contributed by atoms with Crippen LogP contribution in [0.3, 0.4) is 0 Å². The summed E-state index contributed by atoms with van der Waals surface area (Å²) in [6.45, 7) is 3.17. The average Bonchev–Trinajstić information content (AvgIpc) is 3.07. The summed E-state index contributed by atoms with van der Waals surface area (Å²) in [5.74, 6) is 1.36. The number of carbonyl (C=O) groups excluding carboxylic acids is 1. The summed E-state index contributed by atoms with van der Waals surface area (Å²) in [5, 5.41) is 7.80. The lowest BCUT2D eigenvalue weighted by molar-refractivity contribution is 0.0517. The van der Waals surface area contributed by atoms with Gasteiger partial charge in [0.25, 0.3) is 0 Å². The summed E-state index contributed by atoms with van der Waals surface area (Å²) < 4.78 is 7.04. The normalized spacial score (nSPS) is 22.9. The van der Waals surface area contributed by atoms with E-state index in [1.165, 1.54) is 25.7 Å². The molecular formula is C14H21N3O2. The Morgan fingerprint density at radius 1 is 1.47 bits per heavy atom. The maximum atomic E-state index is 11.8. The van der Waals surface area contributed by atoms with Gasteiger partial charge in [0.15, 0.2) is 5.69 Å². The quantitative estimate of drug-likeness (QED) is 0.852. The lowest BCUT2D eigenvalue weighted by Crippen LogP contribution is -2.28. The van der Waals surface area contributed by atoms with Crippen LogP contribution < -0.4 is 5.32 Å². The second-order valence-electron chi connectivity index (χ2n) is 5.41. The van der Waals surface area contributed by atoms with Gasteiger partial charge in [-0.2, -0.15) is 5.10 Å². The van der Waals surface area contributed by atoms with Gasteiger partial charge in [0.2, 0.25) is 0 Å². The van der Waals surface area contributed by atoms with Crippen LogP contribution in [-0.4, -0.2) is 28.9 Å². The van der Waals surface area contributed by atoms with Crippen LogP contribution in [0.4, 0.5) is 5.82 Å². The van der Waals surface area contributed by atoms with Crippen LogP contribution in [0, 0.1) is 5.92 Å². The highest BCUT2D eigenvalue weighted by Crippen LogP contribution is 2.39. The Morgan fingerprint density at radius 2 is 2.26 bits per heavy atom. The van der Waals surface area contributed by atoms with Crippen molar-refractivity contribution in [1.29, 1.82) is 0 Å². The fraction of sp³-hybridized carbons (Fsp3) is 0.714. The van der Waals surface area contributed by atoms with E-state index in [-0.39, 0.29) is 5.97 Å². The largest absolute Gasteiger partial charge is 0.461 e. The Morgan fingerprint density at radius 3 is 3.00 bits per heavy atom. The topological polar surface area (TPSA) is 56.2 Å². The third-order valence-corrected chi connectivity index (χ3v) is 4.22. The minimum absolute atomic E-state index is 0.323. The Balaban J connectivity index is 1.85. The lowest BCUT2D eigenvalue weighted by atomic mass is 9.94. The van der Waals surface area contributed by atoms with Crippen molar-refractivity contribution in [3.8, 4) is 0 Å². The highest BCUT2D eigenvalue weighted by atomic mass is 16.5. The standard InChI is InChI=1S/C14H21N3O2/c1-2-19-14(18)11-9-13-15-8-7-12(17(13)16-11)10-5-3-4-6-10/h9-10,12,15H,2-8H2,1H3. The van der Waals surface area contributed by atoms with Crippen molar-refractivity contribution >= 4 is 11.8 Å². The van der Waals surface area contributed by atoms with Crippen molar-refractivity contribution in [3.05, 3.63) is 11.8 Å². The molecule has 1 aromatic heterocycles. The molecule has 1 aromatic rings. The first-order valence-corrected chi connectivity index (χ1v) is 7.30. The van der Waals surface area contributed by atoms with Crippen LogP contribution in [-0.2, 0) is 4.74 Å². The number of fused-ring (bicyclic) bond motifs is 1. The number of hydrogen-bond acceptors (Lipinski definition) is 4. The molecule has 0 spiro atoms. The molecule has 0 bridgehead atoms. The number of ether oxygens (including phenoxy) is 1. The molecule has 2 aliphatic rings. The summed E-state index contributed by atoms with van der Waals surface area (Å²) >= 11 is 0. The molecule has 0 saturated heterocycles. The zero-order valence-corrected chi connectivity index (χ0v) is 11.4. The molecule has 1 atom stereocenters. The number of nitrogens with zero attached hydrogens (tertiary/aromatic N) is 2. The first kappa shape index (κ1) is 12.5. The van der Waals surface area contributed by atoms with Gasteiger partial charge in [-0.3, -0.25) is 0 Å². The van der Waals surface area contributed by atoms with Crippen molar-refractivity contribution in [3.63, 3.8) is 0 Å². The molecule has 1 unspecified atom stereocenters.